The van der Waals surface area contributed by atoms with Crippen molar-refractivity contribution in [2.45, 2.75) is 19.4 Å². The van der Waals surface area contributed by atoms with E-state index in [0.717, 1.165) is 18.7 Å². The highest BCUT2D eigenvalue weighted by molar-refractivity contribution is 6.21. The smallest absolute Gasteiger partial charge is 0.228 e. The fourth-order valence-electron chi connectivity index (χ4n) is 2.06. The van der Waals surface area contributed by atoms with Crippen molar-refractivity contribution in [3.05, 3.63) is 29.3 Å². The molecule has 2 rings (SSSR count). The Morgan fingerprint density at radius 1 is 1.44 bits per heavy atom. The molecule has 0 aliphatic carbocycles. The van der Waals surface area contributed by atoms with Crippen LogP contribution in [0.2, 0.25) is 0 Å². The zero-order chi connectivity index (χ0) is 11.5. The predicted molar refractivity (Wildman–Crippen MR) is 65.7 cm³/mol. The zero-order valence-corrected chi connectivity index (χ0v) is 10.0. The summed E-state index contributed by atoms with van der Waals surface area (Å²) in [6, 6.07) is 6.41. The minimum Gasteiger partial charge on any atom is -0.316 e. The number of aryl methyl sites for hydroxylation is 1. The minimum absolute atomic E-state index is 0.115. The third-order valence-electron chi connectivity index (χ3n) is 2.84. The van der Waals surface area contributed by atoms with Gasteiger partial charge in [0.25, 0.3) is 0 Å². The summed E-state index contributed by atoms with van der Waals surface area (Å²) >= 11 is 5.80. The molecule has 1 heterocycles. The van der Waals surface area contributed by atoms with Gasteiger partial charge in [-0.25, -0.2) is 0 Å². The molecule has 3 nitrogen and oxygen atoms in total. The molecule has 0 unspecified atom stereocenters. The van der Waals surface area contributed by atoms with Gasteiger partial charge in [0.05, 0.1) is 0 Å². The number of nitrogens with zero attached hydrogens (tertiary/aromatic N) is 1. The Morgan fingerprint density at radius 3 is 2.94 bits per heavy atom. The predicted octanol–water partition coefficient (Wildman–Crippen LogP) is 1.88. The van der Waals surface area contributed by atoms with E-state index in [1.165, 1.54) is 11.1 Å². The number of alkyl halides is 1. The van der Waals surface area contributed by atoms with Crippen LogP contribution in [0.1, 0.15) is 17.5 Å². The fourth-order valence-corrected chi connectivity index (χ4v) is 2.32. The molecule has 0 saturated carbocycles. The van der Waals surface area contributed by atoms with E-state index < -0.39 is 0 Å². The zero-order valence-electron chi connectivity index (χ0n) is 9.29. The summed E-state index contributed by atoms with van der Waals surface area (Å²) in [5.74, 6) is 0.115. The van der Waals surface area contributed by atoms with Crippen molar-refractivity contribution in [1.29, 1.82) is 0 Å². The van der Waals surface area contributed by atoms with Gasteiger partial charge in [0, 0.05) is 18.7 Å². The van der Waals surface area contributed by atoms with E-state index in [1.54, 1.807) is 4.90 Å². The van der Waals surface area contributed by atoms with Gasteiger partial charge in [0.15, 0.2) is 0 Å². The monoisotopic (exact) mass is 238 g/mol. The lowest BCUT2D eigenvalue weighted by molar-refractivity contribution is -0.118. The molecule has 1 aliphatic rings. The van der Waals surface area contributed by atoms with Crippen molar-refractivity contribution in [2.24, 2.45) is 0 Å². The van der Waals surface area contributed by atoms with Crippen LogP contribution >= 0.6 is 11.6 Å². The fraction of sp³-hybridized carbons (Fsp3) is 0.417. The molecule has 1 amide bonds. The van der Waals surface area contributed by atoms with Crippen LogP contribution in [0.25, 0.3) is 0 Å². The average molecular weight is 239 g/mol. The van der Waals surface area contributed by atoms with Gasteiger partial charge in [0.2, 0.25) is 5.91 Å². The van der Waals surface area contributed by atoms with Gasteiger partial charge in [-0.3, -0.25) is 9.69 Å². The molecule has 1 aromatic carbocycles. The summed E-state index contributed by atoms with van der Waals surface area (Å²) in [6.45, 7) is 0.849. The first-order valence-electron chi connectivity index (χ1n) is 5.39. The lowest BCUT2D eigenvalue weighted by Crippen LogP contribution is -2.34. The van der Waals surface area contributed by atoms with Crippen LogP contribution in [0, 0.1) is 0 Å². The highest BCUT2D eigenvalue weighted by atomic mass is 35.5. The Bertz CT molecular complexity index is 406. The summed E-state index contributed by atoms with van der Waals surface area (Å²) in [4.78, 5) is 13.3. The van der Waals surface area contributed by atoms with Crippen LogP contribution in [-0.4, -0.2) is 19.0 Å². The van der Waals surface area contributed by atoms with Gasteiger partial charge >= 0.3 is 0 Å². The number of hydrogen-bond acceptors (Lipinski definition) is 2. The summed E-state index contributed by atoms with van der Waals surface area (Å²) in [7, 11) is 1.92. The van der Waals surface area contributed by atoms with Gasteiger partial charge in [-0.1, -0.05) is 12.1 Å². The second-order valence-corrected chi connectivity index (χ2v) is 4.17. The third kappa shape index (κ3) is 2.06. The lowest BCUT2D eigenvalue weighted by atomic mass is 9.99. The molecule has 0 bridgehead atoms. The molecule has 4 heteroatoms. The molecule has 86 valence electrons. The maximum absolute atomic E-state index is 11.6. The molecule has 0 radical (unpaired) electrons. The van der Waals surface area contributed by atoms with Gasteiger partial charge < -0.3 is 5.32 Å². The quantitative estimate of drug-likeness (QED) is 0.644. The molecular formula is C12H15ClN2O. The maximum Gasteiger partial charge on any atom is 0.228 e. The number of halogens is 1. The first-order valence-corrected chi connectivity index (χ1v) is 5.92. The highest BCUT2D eigenvalue weighted by Crippen LogP contribution is 2.28. The molecule has 0 aromatic heterocycles. The molecule has 1 N–H and O–H groups in total. The van der Waals surface area contributed by atoms with Crippen molar-refractivity contribution in [2.75, 3.05) is 18.0 Å². The number of anilines is 1. The van der Waals surface area contributed by atoms with Crippen LogP contribution in [0.4, 0.5) is 5.69 Å². The van der Waals surface area contributed by atoms with Crippen molar-refractivity contribution in [1.82, 2.24) is 5.32 Å². The highest BCUT2D eigenvalue weighted by Gasteiger charge is 2.23. The molecule has 0 saturated heterocycles. The molecule has 0 spiro atoms. The normalized spacial score (nSPS) is 15.1. The average Bonchev–Trinajstić information content (AvgIpc) is 2.30. The topological polar surface area (TPSA) is 32.3 Å². The number of hydrogen-bond donors (Lipinski definition) is 1. The second kappa shape index (κ2) is 4.85. The number of fused-ring (bicyclic) bond motifs is 1. The molecule has 1 aromatic rings. The second-order valence-electron chi connectivity index (χ2n) is 3.93. The van der Waals surface area contributed by atoms with E-state index in [9.17, 15) is 4.79 Å². The molecule has 0 atom stereocenters. The number of amides is 1. The van der Waals surface area contributed by atoms with Crippen LogP contribution in [0.15, 0.2) is 18.2 Å². The summed E-state index contributed by atoms with van der Waals surface area (Å²) in [5.41, 5.74) is 3.42. The number of benzene rings is 1. The summed E-state index contributed by atoms with van der Waals surface area (Å²) < 4.78 is 0. The standard InChI is InChI=1S/C12H15ClN2O/c1-14-7-9-2-4-11-10(6-9)3-5-12(16)15(11)8-13/h2,4,6,14H,3,5,7-8H2,1H3. The molecule has 0 fully saturated rings. The largest absolute Gasteiger partial charge is 0.316 e. The van der Waals surface area contributed by atoms with Gasteiger partial charge in [-0.15, -0.1) is 11.6 Å². The van der Waals surface area contributed by atoms with E-state index in [0.29, 0.717) is 6.42 Å². The van der Waals surface area contributed by atoms with Crippen LogP contribution in [0.3, 0.4) is 0 Å². The lowest BCUT2D eigenvalue weighted by Gasteiger charge is -2.27. The first-order chi connectivity index (χ1) is 7.76. The summed E-state index contributed by atoms with van der Waals surface area (Å²) in [6.07, 6.45) is 1.38. The Kier molecular flexibility index (Phi) is 3.46. The minimum atomic E-state index is 0.115. The van der Waals surface area contributed by atoms with E-state index in [1.807, 2.05) is 19.2 Å². The van der Waals surface area contributed by atoms with Crippen LogP contribution in [0.5, 0.6) is 0 Å². The van der Waals surface area contributed by atoms with E-state index >= 15 is 0 Å². The van der Waals surface area contributed by atoms with Crippen molar-refractivity contribution in [3.63, 3.8) is 0 Å². The van der Waals surface area contributed by atoms with Crippen molar-refractivity contribution >= 4 is 23.2 Å². The first kappa shape index (κ1) is 11.4. The number of carbonyl (C=O) groups is 1. The molecule has 1 aliphatic heterocycles. The molecule has 16 heavy (non-hydrogen) atoms. The Hall–Kier alpha value is -1.06. The number of nitrogens with one attached hydrogen (secondary N) is 1. The van der Waals surface area contributed by atoms with E-state index in [-0.39, 0.29) is 11.9 Å². The van der Waals surface area contributed by atoms with E-state index in [2.05, 4.69) is 11.4 Å². The van der Waals surface area contributed by atoms with Gasteiger partial charge in [0.1, 0.15) is 6.00 Å². The number of carbonyl (C=O) groups excluding carboxylic acids is 1. The third-order valence-corrected chi connectivity index (χ3v) is 3.08. The molecular weight excluding hydrogens is 224 g/mol. The Balaban J connectivity index is 2.34. The maximum atomic E-state index is 11.6. The van der Waals surface area contributed by atoms with Gasteiger partial charge in [-0.2, -0.15) is 0 Å². The van der Waals surface area contributed by atoms with Crippen molar-refractivity contribution < 1.29 is 4.79 Å². The Morgan fingerprint density at radius 2 is 2.25 bits per heavy atom. The van der Waals surface area contributed by atoms with Crippen molar-refractivity contribution in [3.8, 4) is 0 Å². The summed E-state index contributed by atoms with van der Waals surface area (Å²) in [5, 5.41) is 3.12. The van der Waals surface area contributed by atoms with Gasteiger partial charge in [-0.05, 0) is 30.7 Å². The SMILES string of the molecule is CNCc1ccc2c(c1)CCC(=O)N2CCl. The van der Waals surface area contributed by atoms with E-state index in [4.69, 9.17) is 11.6 Å². The van der Waals surface area contributed by atoms with Crippen LogP contribution in [-0.2, 0) is 17.8 Å². The van der Waals surface area contributed by atoms with Crippen LogP contribution < -0.4 is 10.2 Å². The Labute approximate surface area is 100 Å². The number of rotatable bonds is 3.